The topological polar surface area (TPSA) is 143 Å². The van der Waals surface area contributed by atoms with Crippen LogP contribution >= 0.6 is 22.7 Å². The zero-order valence-corrected chi connectivity index (χ0v) is 30.5. The van der Waals surface area contributed by atoms with Crippen molar-refractivity contribution >= 4 is 66.8 Å². The lowest BCUT2D eigenvalue weighted by molar-refractivity contribution is 0.0407. The Morgan fingerprint density at radius 1 is 0.980 bits per heavy atom. The number of carboxylic acid groups (broad SMARTS) is 1. The van der Waals surface area contributed by atoms with Crippen molar-refractivity contribution in [3.05, 3.63) is 94.0 Å². The standard InChI is InChI=1S/C38H41N5O6S2/c1-4-5-19-38(2,3)49-37(47)39-25-12-9-13-26(22-25)48-21-10-17-31-32(34(45)46)41-36(51-31)43-20-18-24-11-8-14-27(28(24)23-43)33(44)42-35-40-29-15-6-7-16-30(29)50-35/h6-9,11-16,22H,4-5,10,17-21,23H2,1-3H3,(H,39,47)(H,45,46)(H,40,42,44). The van der Waals surface area contributed by atoms with Crippen molar-refractivity contribution in [2.75, 3.05) is 28.7 Å². The second-order valence-electron chi connectivity index (χ2n) is 13.0. The normalized spacial score (nSPS) is 12.7. The largest absolute Gasteiger partial charge is 0.494 e. The summed E-state index contributed by atoms with van der Waals surface area (Å²) in [4.78, 5) is 49.9. The number of carbonyl (C=O) groups excluding carboxylic acids is 2. The molecule has 1 aliphatic rings. The van der Waals surface area contributed by atoms with Crippen molar-refractivity contribution in [2.24, 2.45) is 0 Å². The lowest BCUT2D eigenvalue weighted by Crippen LogP contribution is -2.32. The molecule has 0 saturated heterocycles. The number of carbonyl (C=O) groups is 3. The number of aromatic nitrogens is 2. The molecule has 2 amide bonds. The number of para-hydroxylation sites is 1. The number of unbranched alkanes of at least 4 members (excludes halogenated alkanes) is 1. The molecule has 0 aliphatic carbocycles. The Hall–Kier alpha value is -5.01. The minimum Gasteiger partial charge on any atom is -0.494 e. The summed E-state index contributed by atoms with van der Waals surface area (Å²) in [6, 6.07) is 20.6. The highest BCUT2D eigenvalue weighted by Crippen LogP contribution is 2.33. The maximum absolute atomic E-state index is 13.5. The van der Waals surface area contributed by atoms with E-state index in [1.807, 2.05) is 61.2 Å². The van der Waals surface area contributed by atoms with Gasteiger partial charge in [0.1, 0.15) is 11.4 Å². The quantitative estimate of drug-likeness (QED) is 0.0957. The molecule has 3 heterocycles. The highest BCUT2D eigenvalue weighted by Gasteiger charge is 2.27. The smallest absolute Gasteiger partial charge is 0.412 e. The molecule has 0 atom stereocenters. The number of hydrogen-bond donors (Lipinski definition) is 3. The van der Waals surface area contributed by atoms with Crippen molar-refractivity contribution < 1.29 is 29.0 Å². The van der Waals surface area contributed by atoms with Gasteiger partial charge in [-0.15, -0.1) is 11.3 Å². The van der Waals surface area contributed by atoms with Gasteiger partial charge in [-0.1, -0.05) is 55.0 Å². The Morgan fingerprint density at radius 3 is 2.61 bits per heavy atom. The molecule has 0 saturated carbocycles. The number of nitrogens with one attached hydrogen (secondary N) is 2. The Balaban J connectivity index is 1.06. The van der Waals surface area contributed by atoms with Crippen molar-refractivity contribution in [1.29, 1.82) is 0 Å². The number of benzene rings is 3. The number of aromatic carboxylic acids is 1. The van der Waals surface area contributed by atoms with Crippen LogP contribution in [0.2, 0.25) is 0 Å². The van der Waals surface area contributed by atoms with Gasteiger partial charge in [-0.3, -0.25) is 15.4 Å². The fourth-order valence-corrected chi connectivity index (χ4v) is 7.97. The molecule has 13 heteroatoms. The summed E-state index contributed by atoms with van der Waals surface area (Å²) >= 11 is 2.79. The highest BCUT2D eigenvalue weighted by molar-refractivity contribution is 7.22. The molecule has 0 fully saturated rings. The number of aryl methyl sites for hydroxylation is 1. The van der Waals surface area contributed by atoms with Crippen LogP contribution in [0.3, 0.4) is 0 Å². The molecule has 5 aromatic rings. The molecule has 0 bridgehead atoms. The number of ether oxygens (including phenoxy) is 2. The van der Waals surface area contributed by atoms with E-state index in [0.29, 0.717) is 71.1 Å². The number of rotatable bonds is 14. The average molecular weight is 728 g/mol. The van der Waals surface area contributed by atoms with Gasteiger partial charge in [-0.05, 0) is 87.4 Å². The Bertz CT molecular complexity index is 2010. The molecule has 266 valence electrons. The van der Waals surface area contributed by atoms with E-state index >= 15 is 0 Å². The van der Waals surface area contributed by atoms with E-state index in [-0.39, 0.29) is 11.6 Å². The Labute approximate surface area is 304 Å². The first-order valence-corrected chi connectivity index (χ1v) is 18.7. The monoisotopic (exact) mass is 727 g/mol. The summed E-state index contributed by atoms with van der Waals surface area (Å²) in [6.07, 6.45) is 3.99. The number of amides is 2. The van der Waals surface area contributed by atoms with Crippen LogP contribution in [-0.2, 0) is 24.1 Å². The van der Waals surface area contributed by atoms with Crippen LogP contribution in [0.25, 0.3) is 10.2 Å². The maximum atomic E-state index is 13.5. The molecule has 1 aliphatic heterocycles. The van der Waals surface area contributed by atoms with E-state index in [1.165, 1.54) is 22.7 Å². The van der Waals surface area contributed by atoms with E-state index in [2.05, 4.69) is 27.5 Å². The number of nitrogens with zero attached hydrogens (tertiary/aromatic N) is 3. The molecule has 0 spiro atoms. The van der Waals surface area contributed by atoms with Crippen LogP contribution in [0.5, 0.6) is 5.75 Å². The highest BCUT2D eigenvalue weighted by atomic mass is 32.1. The molecule has 0 radical (unpaired) electrons. The van der Waals surface area contributed by atoms with Gasteiger partial charge in [0, 0.05) is 35.3 Å². The van der Waals surface area contributed by atoms with Crippen molar-refractivity contribution in [1.82, 2.24) is 9.97 Å². The summed E-state index contributed by atoms with van der Waals surface area (Å²) in [6.45, 7) is 7.33. The number of hydrogen-bond acceptors (Lipinski definition) is 10. The SMILES string of the molecule is CCCCC(C)(C)OC(=O)Nc1cccc(OCCCc2sc(N3CCc4cccc(C(=O)Nc5nc6ccccc6s5)c4C3)nc2C(=O)O)c1. The maximum Gasteiger partial charge on any atom is 0.412 e. The molecule has 51 heavy (non-hydrogen) atoms. The summed E-state index contributed by atoms with van der Waals surface area (Å²) in [7, 11) is 0. The van der Waals surface area contributed by atoms with Gasteiger partial charge >= 0.3 is 12.1 Å². The van der Waals surface area contributed by atoms with E-state index in [9.17, 15) is 19.5 Å². The fourth-order valence-electron chi connectivity index (χ4n) is 5.99. The third kappa shape index (κ3) is 9.02. The molecule has 0 unspecified atom stereocenters. The van der Waals surface area contributed by atoms with Gasteiger partial charge < -0.3 is 19.5 Å². The summed E-state index contributed by atoms with van der Waals surface area (Å²) in [5.41, 5.74) is 3.42. The van der Waals surface area contributed by atoms with Crippen molar-refractivity contribution in [3.8, 4) is 5.75 Å². The van der Waals surface area contributed by atoms with Crippen LogP contribution in [-0.4, -0.2) is 51.8 Å². The second-order valence-corrected chi connectivity index (χ2v) is 15.1. The molecule has 11 nitrogen and oxygen atoms in total. The first-order chi connectivity index (χ1) is 24.6. The van der Waals surface area contributed by atoms with Crippen LogP contribution in [0.1, 0.15) is 83.3 Å². The van der Waals surface area contributed by atoms with E-state index in [0.717, 1.165) is 40.6 Å². The average Bonchev–Trinajstić information content (AvgIpc) is 3.73. The van der Waals surface area contributed by atoms with Gasteiger partial charge in [-0.2, -0.15) is 0 Å². The zero-order chi connectivity index (χ0) is 36.0. The van der Waals surface area contributed by atoms with E-state index < -0.39 is 17.7 Å². The van der Waals surface area contributed by atoms with Gasteiger partial charge in [0.25, 0.3) is 5.91 Å². The number of anilines is 3. The third-order valence-corrected chi connectivity index (χ3v) is 10.7. The molecule has 2 aromatic heterocycles. The van der Waals surface area contributed by atoms with Crippen LogP contribution in [0.15, 0.2) is 66.7 Å². The third-order valence-electron chi connectivity index (χ3n) is 8.59. The van der Waals surface area contributed by atoms with Gasteiger partial charge in [0.05, 0.1) is 16.8 Å². The predicted molar refractivity (Wildman–Crippen MR) is 202 cm³/mol. The van der Waals surface area contributed by atoms with Gasteiger partial charge in [-0.25, -0.2) is 19.6 Å². The molecule has 3 N–H and O–H groups in total. The van der Waals surface area contributed by atoms with Crippen LogP contribution in [0, 0.1) is 0 Å². The molecular formula is C38H41N5O6S2. The molecular weight excluding hydrogens is 687 g/mol. The van der Waals surface area contributed by atoms with Crippen LogP contribution in [0.4, 0.5) is 20.7 Å². The number of fused-ring (bicyclic) bond motifs is 2. The first kappa shape index (κ1) is 35.8. The lowest BCUT2D eigenvalue weighted by Gasteiger charge is -2.29. The predicted octanol–water partition coefficient (Wildman–Crippen LogP) is 8.79. The second kappa shape index (κ2) is 15.9. The minimum absolute atomic E-state index is 0.0363. The summed E-state index contributed by atoms with van der Waals surface area (Å²) < 4.78 is 12.6. The van der Waals surface area contributed by atoms with E-state index in [1.54, 1.807) is 24.3 Å². The summed E-state index contributed by atoms with van der Waals surface area (Å²) in [5.74, 6) is -0.729. The lowest BCUT2D eigenvalue weighted by atomic mass is 9.94. The van der Waals surface area contributed by atoms with Gasteiger partial charge in [0.2, 0.25) is 0 Å². The zero-order valence-electron chi connectivity index (χ0n) is 28.9. The van der Waals surface area contributed by atoms with Gasteiger partial charge in [0.15, 0.2) is 16.0 Å². The molecule has 3 aromatic carbocycles. The van der Waals surface area contributed by atoms with Crippen molar-refractivity contribution in [3.63, 3.8) is 0 Å². The summed E-state index contributed by atoms with van der Waals surface area (Å²) in [5, 5.41) is 16.9. The number of thiazole rings is 2. The van der Waals surface area contributed by atoms with E-state index in [4.69, 9.17) is 9.47 Å². The number of carboxylic acids is 1. The van der Waals surface area contributed by atoms with Crippen LogP contribution < -0.4 is 20.3 Å². The Morgan fingerprint density at radius 2 is 1.80 bits per heavy atom. The fraction of sp³-hybridized carbons (Fsp3) is 0.342. The Kier molecular flexibility index (Phi) is 11.2. The minimum atomic E-state index is -1.08. The molecule has 6 rings (SSSR count). The van der Waals surface area contributed by atoms with Crippen molar-refractivity contribution in [2.45, 2.75) is 71.4 Å². The first-order valence-electron chi connectivity index (χ1n) is 17.1.